The average molecular weight is 241 g/mol. The number of pyridine rings is 1. The van der Waals surface area contributed by atoms with Crippen molar-refractivity contribution >= 4 is 17.4 Å². The van der Waals surface area contributed by atoms with Crippen molar-refractivity contribution in [1.29, 1.82) is 0 Å². The van der Waals surface area contributed by atoms with Crippen molar-refractivity contribution in [3.8, 4) is 0 Å². The van der Waals surface area contributed by atoms with Gasteiger partial charge in [-0.3, -0.25) is 0 Å². The maximum absolute atomic E-state index is 9.25. The summed E-state index contributed by atoms with van der Waals surface area (Å²) in [6, 6.07) is 3.91. The van der Waals surface area contributed by atoms with E-state index in [0.717, 1.165) is 30.8 Å². The number of alkyl halides is 1. The Bertz CT molecular complexity index is 353. The number of aliphatic hydroxyl groups is 1. The molecule has 1 aromatic rings. The van der Waals surface area contributed by atoms with Gasteiger partial charge >= 0.3 is 0 Å². The number of aliphatic hydroxyl groups excluding tert-OH is 1. The van der Waals surface area contributed by atoms with Crippen molar-refractivity contribution < 1.29 is 5.11 Å². The van der Waals surface area contributed by atoms with Crippen molar-refractivity contribution in [2.75, 3.05) is 18.5 Å². The summed E-state index contributed by atoms with van der Waals surface area (Å²) in [4.78, 5) is 6.49. The molecule has 0 aliphatic heterocycles. The Labute approximate surface area is 101 Å². The summed E-state index contributed by atoms with van der Waals surface area (Å²) in [6.45, 7) is 0.942. The Hall–Kier alpha value is -0.800. The molecule has 1 aromatic heterocycles. The van der Waals surface area contributed by atoms with Crippen molar-refractivity contribution in [3.63, 3.8) is 0 Å². The quantitative estimate of drug-likeness (QED) is 0.819. The molecular formula is C12H17ClN2O. The van der Waals surface area contributed by atoms with E-state index >= 15 is 0 Å². The lowest BCUT2D eigenvalue weighted by Crippen LogP contribution is -2.37. The molecule has 4 heteroatoms. The molecule has 0 bridgehead atoms. The second-order valence-corrected chi connectivity index (χ2v) is 4.76. The van der Waals surface area contributed by atoms with E-state index < -0.39 is 0 Å². The molecule has 0 aromatic carbocycles. The number of anilines is 1. The lowest BCUT2D eigenvalue weighted by molar-refractivity contribution is 0.0464. The van der Waals surface area contributed by atoms with Crippen LogP contribution in [0.3, 0.4) is 0 Å². The molecule has 0 amide bonds. The summed E-state index contributed by atoms with van der Waals surface area (Å²) in [5.74, 6) is 2.03. The zero-order chi connectivity index (χ0) is 11.5. The molecule has 0 saturated heterocycles. The van der Waals surface area contributed by atoms with Gasteiger partial charge < -0.3 is 10.0 Å². The van der Waals surface area contributed by atoms with E-state index in [9.17, 15) is 5.11 Å². The normalized spacial score (nSPS) is 23.9. The van der Waals surface area contributed by atoms with E-state index in [-0.39, 0.29) is 6.10 Å². The standard InChI is InChI=1S/C12H17ClN2O/c1-15(8-9-5-11(16)6-9)12-10(7-13)3-2-4-14-12/h2-4,9,11,16H,5-8H2,1H3. The smallest absolute Gasteiger partial charge is 0.132 e. The third-order valence-electron chi connectivity index (χ3n) is 3.12. The minimum Gasteiger partial charge on any atom is -0.393 e. The van der Waals surface area contributed by atoms with Crippen LogP contribution in [-0.4, -0.2) is 29.8 Å². The molecule has 1 aliphatic rings. The highest BCUT2D eigenvalue weighted by Gasteiger charge is 2.28. The van der Waals surface area contributed by atoms with Crippen molar-refractivity contribution in [3.05, 3.63) is 23.9 Å². The Morgan fingerprint density at radius 3 is 2.94 bits per heavy atom. The van der Waals surface area contributed by atoms with Gasteiger partial charge in [0.2, 0.25) is 0 Å². The molecule has 1 saturated carbocycles. The molecule has 0 radical (unpaired) electrons. The zero-order valence-corrected chi connectivity index (χ0v) is 10.2. The van der Waals surface area contributed by atoms with E-state index in [0.29, 0.717) is 11.8 Å². The number of aromatic nitrogens is 1. The first-order chi connectivity index (χ1) is 7.70. The summed E-state index contributed by atoms with van der Waals surface area (Å²) >= 11 is 5.88. The first-order valence-corrected chi connectivity index (χ1v) is 6.13. The van der Waals surface area contributed by atoms with E-state index in [1.807, 2.05) is 19.2 Å². The average Bonchev–Trinajstić information content (AvgIpc) is 2.27. The Morgan fingerprint density at radius 1 is 1.56 bits per heavy atom. The van der Waals surface area contributed by atoms with Gasteiger partial charge in [-0.2, -0.15) is 0 Å². The van der Waals surface area contributed by atoms with Crippen LogP contribution in [0.5, 0.6) is 0 Å². The van der Waals surface area contributed by atoms with Crippen LogP contribution >= 0.6 is 11.6 Å². The number of rotatable bonds is 4. The van der Waals surface area contributed by atoms with Gasteiger partial charge in [-0.25, -0.2) is 4.98 Å². The molecule has 2 rings (SSSR count). The van der Waals surface area contributed by atoms with E-state index in [1.165, 1.54) is 0 Å². The van der Waals surface area contributed by atoms with E-state index in [4.69, 9.17) is 11.6 Å². The minimum absolute atomic E-state index is 0.0883. The summed E-state index contributed by atoms with van der Waals surface area (Å²) in [6.07, 6.45) is 3.52. The van der Waals surface area contributed by atoms with Gasteiger partial charge in [0.15, 0.2) is 0 Å². The van der Waals surface area contributed by atoms with Gasteiger partial charge in [0.25, 0.3) is 0 Å². The third-order valence-corrected chi connectivity index (χ3v) is 3.40. The molecule has 0 atom stereocenters. The molecule has 0 unspecified atom stereocenters. The summed E-state index contributed by atoms with van der Waals surface area (Å²) in [7, 11) is 2.03. The van der Waals surface area contributed by atoms with Gasteiger partial charge in [-0.1, -0.05) is 6.07 Å². The molecular weight excluding hydrogens is 224 g/mol. The first-order valence-electron chi connectivity index (χ1n) is 5.59. The summed E-state index contributed by atoms with van der Waals surface area (Å²) in [5.41, 5.74) is 1.06. The monoisotopic (exact) mass is 240 g/mol. The van der Waals surface area contributed by atoms with Crippen LogP contribution in [0.4, 0.5) is 5.82 Å². The van der Waals surface area contributed by atoms with Crippen molar-refractivity contribution in [2.45, 2.75) is 24.8 Å². The van der Waals surface area contributed by atoms with Crippen LogP contribution in [-0.2, 0) is 5.88 Å². The lowest BCUT2D eigenvalue weighted by Gasteiger charge is -2.35. The maximum atomic E-state index is 9.25. The van der Waals surface area contributed by atoms with Crippen LogP contribution < -0.4 is 4.90 Å². The maximum Gasteiger partial charge on any atom is 0.132 e. The Morgan fingerprint density at radius 2 is 2.31 bits per heavy atom. The van der Waals surface area contributed by atoms with E-state index in [1.54, 1.807) is 6.20 Å². The van der Waals surface area contributed by atoms with Crippen LogP contribution in [0, 0.1) is 5.92 Å². The van der Waals surface area contributed by atoms with Gasteiger partial charge in [0.1, 0.15) is 5.82 Å². The minimum atomic E-state index is -0.0883. The Balaban J connectivity index is 1.99. The van der Waals surface area contributed by atoms with Gasteiger partial charge in [0, 0.05) is 25.4 Å². The van der Waals surface area contributed by atoms with E-state index in [2.05, 4.69) is 9.88 Å². The molecule has 1 N–H and O–H groups in total. The predicted octanol–water partition coefficient (Wildman–Crippen LogP) is 2.03. The molecule has 1 fully saturated rings. The number of halogens is 1. The summed E-state index contributed by atoms with van der Waals surface area (Å²) in [5, 5.41) is 9.25. The van der Waals surface area contributed by atoms with Gasteiger partial charge in [0.05, 0.1) is 12.0 Å². The highest BCUT2D eigenvalue weighted by atomic mass is 35.5. The Kier molecular flexibility index (Phi) is 3.66. The van der Waals surface area contributed by atoms with Crippen LogP contribution in [0.2, 0.25) is 0 Å². The molecule has 1 heterocycles. The second kappa shape index (κ2) is 5.02. The van der Waals surface area contributed by atoms with Crippen molar-refractivity contribution in [2.24, 2.45) is 5.92 Å². The lowest BCUT2D eigenvalue weighted by atomic mass is 9.82. The first kappa shape index (κ1) is 11.7. The van der Waals surface area contributed by atoms with Gasteiger partial charge in [-0.15, -0.1) is 11.6 Å². The summed E-state index contributed by atoms with van der Waals surface area (Å²) < 4.78 is 0. The number of hydrogen-bond acceptors (Lipinski definition) is 3. The van der Waals surface area contributed by atoms with Crippen LogP contribution in [0.1, 0.15) is 18.4 Å². The van der Waals surface area contributed by atoms with Crippen LogP contribution in [0.25, 0.3) is 0 Å². The van der Waals surface area contributed by atoms with Crippen LogP contribution in [0.15, 0.2) is 18.3 Å². The highest BCUT2D eigenvalue weighted by Crippen LogP contribution is 2.29. The molecule has 0 spiro atoms. The van der Waals surface area contributed by atoms with Gasteiger partial charge in [-0.05, 0) is 24.8 Å². The number of hydrogen-bond donors (Lipinski definition) is 1. The topological polar surface area (TPSA) is 36.4 Å². The fraction of sp³-hybridized carbons (Fsp3) is 0.583. The number of nitrogens with zero attached hydrogens (tertiary/aromatic N) is 2. The fourth-order valence-corrected chi connectivity index (χ4v) is 2.41. The third kappa shape index (κ3) is 2.47. The second-order valence-electron chi connectivity index (χ2n) is 4.49. The molecule has 1 aliphatic carbocycles. The van der Waals surface area contributed by atoms with Crippen molar-refractivity contribution in [1.82, 2.24) is 4.98 Å². The zero-order valence-electron chi connectivity index (χ0n) is 9.43. The SMILES string of the molecule is CN(CC1CC(O)C1)c1ncccc1CCl. The predicted molar refractivity (Wildman–Crippen MR) is 65.8 cm³/mol. The largest absolute Gasteiger partial charge is 0.393 e. The highest BCUT2D eigenvalue weighted by molar-refractivity contribution is 6.17. The molecule has 88 valence electrons. The fourth-order valence-electron chi connectivity index (χ4n) is 2.20. The molecule has 16 heavy (non-hydrogen) atoms. The molecule has 3 nitrogen and oxygen atoms in total.